The molecule has 0 bridgehead atoms. The maximum Gasteiger partial charge on any atom is 0.328 e. The number of halogens is 1. The topological polar surface area (TPSA) is 59.7 Å². The van der Waals surface area contributed by atoms with E-state index in [1.165, 1.54) is 6.08 Å². The van der Waals surface area contributed by atoms with Gasteiger partial charge in [-0.15, -0.1) is 0 Å². The number of carbonyl (C=O) groups is 1. The molecule has 0 aliphatic rings. The molecule has 5 heteroatoms. The Balaban J connectivity index is 2.11. The van der Waals surface area contributed by atoms with Crippen LogP contribution >= 0.6 is 11.6 Å². The molecule has 4 nitrogen and oxygen atoms in total. The number of carboxylic acids is 1. The van der Waals surface area contributed by atoms with Crippen LogP contribution in [-0.4, -0.2) is 11.1 Å². The van der Waals surface area contributed by atoms with Gasteiger partial charge in [0.1, 0.15) is 11.5 Å². The minimum atomic E-state index is -1.04. The van der Waals surface area contributed by atoms with Crippen molar-refractivity contribution in [2.45, 2.75) is 6.92 Å². The Labute approximate surface area is 114 Å². The maximum atomic E-state index is 10.4. The van der Waals surface area contributed by atoms with Crippen LogP contribution in [0, 0.1) is 6.92 Å². The third-order valence-corrected chi connectivity index (χ3v) is 2.76. The number of aryl methyl sites for hydroxylation is 1. The van der Waals surface area contributed by atoms with E-state index in [4.69, 9.17) is 25.9 Å². The van der Waals surface area contributed by atoms with Crippen LogP contribution in [0.1, 0.15) is 11.3 Å². The predicted molar refractivity (Wildman–Crippen MR) is 71.6 cm³/mol. The van der Waals surface area contributed by atoms with E-state index in [1.807, 2.05) is 6.92 Å². The molecule has 0 aliphatic heterocycles. The molecule has 0 saturated heterocycles. The maximum absolute atomic E-state index is 10.4. The summed E-state index contributed by atoms with van der Waals surface area (Å²) in [6.45, 7) is 1.87. The Morgan fingerprint density at radius 3 is 2.84 bits per heavy atom. The lowest BCUT2D eigenvalue weighted by molar-refractivity contribution is -0.131. The fourth-order valence-electron chi connectivity index (χ4n) is 1.43. The van der Waals surface area contributed by atoms with Crippen molar-refractivity contribution >= 4 is 23.6 Å². The number of carboxylic acid groups (broad SMARTS) is 1. The summed E-state index contributed by atoms with van der Waals surface area (Å²) < 4.78 is 10.8. The molecule has 0 fully saturated rings. The molecule has 98 valence electrons. The predicted octanol–water partition coefficient (Wildman–Crippen LogP) is 4.13. The smallest absolute Gasteiger partial charge is 0.328 e. The second-order valence-corrected chi connectivity index (χ2v) is 4.25. The fourth-order valence-corrected chi connectivity index (χ4v) is 1.55. The van der Waals surface area contributed by atoms with E-state index in [2.05, 4.69) is 0 Å². The molecule has 0 unspecified atom stereocenters. The summed E-state index contributed by atoms with van der Waals surface area (Å²) in [4.78, 5) is 10.4. The Hall–Kier alpha value is -2.20. The average molecular weight is 279 g/mol. The highest BCUT2D eigenvalue weighted by Crippen LogP contribution is 2.27. The van der Waals surface area contributed by atoms with Gasteiger partial charge in [0, 0.05) is 17.2 Å². The molecule has 2 rings (SSSR count). The van der Waals surface area contributed by atoms with Gasteiger partial charge in [-0.3, -0.25) is 0 Å². The van der Waals surface area contributed by atoms with Crippen LogP contribution in [0.2, 0.25) is 5.02 Å². The van der Waals surface area contributed by atoms with Crippen molar-refractivity contribution in [1.29, 1.82) is 0 Å². The lowest BCUT2D eigenvalue weighted by atomic mass is 10.2. The van der Waals surface area contributed by atoms with Crippen molar-refractivity contribution in [2.24, 2.45) is 0 Å². The Kier molecular flexibility index (Phi) is 3.92. The van der Waals surface area contributed by atoms with E-state index < -0.39 is 5.97 Å². The largest absolute Gasteiger partial charge is 0.478 e. The average Bonchev–Trinajstić information content (AvgIpc) is 2.79. The van der Waals surface area contributed by atoms with E-state index >= 15 is 0 Å². The second-order valence-electron chi connectivity index (χ2n) is 3.84. The van der Waals surface area contributed by atoms with Crippen LogP contribution in [0.4, 0.5) is 0 Å². The fraction of sp³-hybridized carbons (Fsp3) is 0.0714. The summed E-state index contributed by atoms with van der Waals surface area (Å²) in [6.07, 6.45) is 2.34. The van der Waals surface area contributed by atoms with Gasteiger partial charge in [-0.1, -0.05) is 11.6 Å². The summed E-state index contributed by atoms with van der Waals surface area (Å²) in [5.41, 5.74) is 0.900. The molecule has 1 aromatic carbocycles. The highest BCUT2D eigenvalue weighted by Gasteiger charge is 2.04. The molecular weight excluding hydrogens is 268 g/mol. The number of ether oxygens (including phenoxy) is 1. The van der Waals surface area contributed by atoms with Crippen molar-refractivity contribution in [3.05, 3.63) is 52.8 Å². The first-order valence-corrected chi connectivity index (χ1v) is 5.87. The van der Waals surface area contributed by atoms with E-state index in [0.29, 0.717) is 16.5 Å². The van der Waals surface area contributed by atoms with Gasteiger partial charge in [-0.05, 0) is 42.8 Å². The molecule has 1 heterocycles. The lowest BCUT2D eigenvalue weighted by Gasteiger charge is -2.03. The first kappa shape index (κ1) is 13.2. The van der Waals surface area contributed by atoms with Gasteiger partial charge < -0.3 is 14.3 Å². The van der Waals surface area contributed by atoms with Gasteiger partial charge in [0.15, 0.2) is 0 Å². The molecule has 1 aromatic heterocycles. The zero-order valence-corrected chi connectivity index (χ0v) is 10.8. The third kappa shape index (κ3) is 3.63. The van der Waals surface area contributed by atoms with Crippen molar-refractivity contribution < 1.29 is 19.1 Å². The number of rotatable bonds is 4. The molecule has 0 saturated carbocycles. The molecular formula is C14H11ClO4. The SMILES string of the molecule is Cc1cc(Oc2ccc(C=CC(=O)O)o2)ccc1Cl. The minimum Gasteiger partial charge on any atom is -0.478 e. The van der Waals surface area contributed by atoms with E-state index in [0.717, 1.165) is 11.6 Å². The third-order valence-electron chi connectivity index (χ3n) is 2.34. The van der Waals surface area contributed by atoms with Gasteiger partial charge in [-0.2, -0.15) is 0 Å². The summed E-state index contributed by atoms with van der Waals surface area (Å²) in [5.74, 6) is 0.257. The zero-order valence-electron chi connectivity index (χ0n) is 10.1. The quantitative estimate of drug-likeness (QED) is 0.854. The van der Waals surface area contributed by atoms with Crippen molar-refractivity contribution in [3.63, 3.8) is 0 Å². The number of benzene rings is 1. The van der Waals surface area contributed by atoms with E-state index in [9.17, 15) is 4.79 Å². The molecule has 19 heavy (non-hydrogen) atoms. The van der Waals surface area contributed by atoms with Crippen LogP contribution < -0.4 is 4.74 Å². The van der Waals surface area contributed by atoms with Crippen LogP contribution in [-0.2, 0) is 4.79 Å². The van der Waals surface area contributed by atoms with Gasteiger partial charge >= 0.3 is 5.97 Å². The number of furan rings is 1. The number of hydrogen-bond acceptors (Lipinski definition) is 3. The summed E-state index contributed by atoms with van der Waals surface area (Å²) in [6, 6.07) is 8.49. The normalized spacial score (nSPS) is 10.8. The van der Waals surface area contributed by atoms with E-state index in [1.54, 1.807) is 30.3 Å². The lowest BCUT2D eigenvalue weighted by Crippen LogP contribution is -1.85. The molecule has 0 spiro atoms. The van der Waals surface area contributed by atoms with Gasteiger partial charge in [0.05, 0.1) is 0 Å². The van der Waals surface area contributed by atoms with Crippen LogP contribution in [0.15, 0.2) is 40.8 Å². The van der Waals surface area contributed by atoms with Gasteiger partial charge in [0.2, 0.25) is 0 Å². The Morgan fingerprint density at radius 2 is 2.16 bits per heavy atom. The summed E-state index contributed by atoms with van der Waals surface area (Å²) in [7, 11) is 0. The zero-order chi connectivity index (χ0) is 13.8. The van der Waals surface area contributed by atoms with Crippen LogP contribution in [0.3, 0.4) is 0 Å². The highest BCUT2D eigenvalue weighted by molar-refractivity contribution is 6.31. The molecule has 0 radical (unpaired) electrons. The standard InChI is InChI=1S/C14H11ClO4/c1-9-8-11(2-5-12(9)15)19-14-7-4-10(18-14)3-6-13(16)17/h2-8H,1H3,(H,16,17). The second kappa shape index (κ2) is 5.63. The summed E-state index contributed by atoms with van der Waals surface area (Å²) in [5, 5.41) is 9.16. The molecule has 0 amide bonds. The number of hydrogen-bond donors (Lipinski definition) is 1. The minimum absolute atomic E-state index is 0.284. The van der Waals surface area contributed by atoms with Crippen LogP contribution in [0.25, 0.3) is 6.08 Å². The van der Waals surface area contributed by atoms with Gasteiger partial charge in [0.25, 0.3) is 5.95 Å². The van der Waals surface area contributed by atoms with Crippen molar-refractivity contribution in [3.8, 4) is 11.7 Å². The summed E-state index contributed by atoms with van der Waals surface area (Å²) >= 11 is 5.91. The van der Waals surface area contributed by atoms with Crippen LogP contribution in [0.5, 0.6) is 11.7 Å². The first-order chi connectivity index (χ1) is 9.04. The monoisotopic (exact) mass is 278 g/mol. The van der Waals surface area contributed by atoms with Crippen molar-refractivity contribution in [2.75, 3.05) is 0 Å². The molecule has 0 atom stereocenters. The molecule has 2 aromatic rings. The molecule has 1 N–H and O–H groups in total. The Bertz CT molecular complexity index is 628. The van der Waals surface area contributed by atoms with Gasteiger partial charge in [-0.25, -0.2) is 4.79 Å². The first-order valence-electron chi connectivity index (χ1n) is 5.49. The van der Waals surface area contributed by atoms with Crippen molar-refractivity contribution in [1.82, 2.24) is 0 Å². The Morgan fingerprint density at radius 1 is 1.37 bits per heavy atom. The highest BCUT2D eigenvalue weighted by atomic mass is 35.5. The number of aliphatic carboxylic acids is 1. The molecule has 0 aliphatic carbocycles. The van der Waals surface area contributed by atoms with E-state index in [-0.39, 0.29) is 5.95 Å².